The van der Waals surface area contributed by atoms with Gasteiger partial charge < -0.3 is 15.2 Å². The van der Waals surface area contributed by atoms with Crippen LogP contribution in [0.2, 0.25) is 0 Å². The number of hydrogen-bond donors (Lipinski definition) is 2. The number of carboxylic acid groups (broad SMARTS) is 1. The van der Waals surface area contributed by atoms with E-state index in [1.165, 1.54) is 7.11 Å². The summed E-state index contributed by atoms with van der Waals surface area (Å²) in [6, 6.07) is 5.96. The first-order chi connectivity index (χ1) is 11.0. The molecule has 0 saturated heterocycles. The summed E-state index contributed by atoms with van der Waals surface area (Å²) in [5, 5.41) is 11.6. The van der Waals surface area contributed by atoms with Crippen molar-refractivity contribution in [1.82, 2.24) is 5.32 Å². The zero-order valence-electron chi connectivity index (χ0n) is 13.5. The molecule has 126 valence electrons. The SMILES string of the molecule is CCCC[C@H](NC(=O)CCc1ccc(C(=O)OC)cc1)C(=O)O. The third kappa shape index (κ3) is 6.50. The van der Waals surface area contributed by atoms with E-state index < -0.39 is 18.0 Å². The Morgan fingerprint density at radius 2 is 1.87 bits per heavy atom. The van der Waals surface area contributed by atoms with Gasteiger partial charge in [0, 0.05) is 6.42 Å². The number of carboxylic acids is 1. The molecule has 2 N–H and O–H groups in total. The average molecular weight is 321 g/mol. The molecule has 6 nitrogen and oxygen atoms in total. The molecule has 1 aromatic rings. The minimum atomic E-state index is -1.01. The molecular weight excluding hydrogens is 298 g/mol. The van der Waals surface area contributed by atoms with Crippen molar-refractivity contribution in [2.24, 2.45) is 0 Å². The van der Waals surface area contributed by atoms with Crippen molar-refractivity contribution in [2.75, 3.05) is 7.11 Å². The zero-order chi connectivity index (χ0) is 17.2. The number of methoxy groups -OCH3 is 1. The van der Waals surface area contributed by atoms with Gasteiger partial charge in [-0.3, -0.25) is 4.79 Å². The normalized spacial score (nSPS) is 11.6. The van der Waals surface area contributed by atoms with Crippen LogP contribution < -0.4 is 5.32 Å². The molecular formula is C17H23NO5. The molecule has 1 amide bonds. The summed E-state index contributed by atoms with van der Waals surface area (Å²) in [5.74, 6) is -1.70. The highest BCUT2D eigenvalue weighted by Crippen LogP contribution is 2.08. The average Bonchev–Trinajstić information content (AvgIpc) is 2.56. The Morgan fingerprint density at radius 1 is 1.22 bits per heavy atom. The van der Waals surface area contributed by atoms with E-state index in [2.05, 4.69) is 10.1 Å². The maximum atomic E-state index is 11.9. The van der Waals surface area contributed by atoms with Gasteiger partial charge in [-0.25, -0.2) is 9.59 Å². The highest BCUT2D eigenvalue weighted by atomic mass is 16.5. The summed E-state index contributed by atoms with van der Waals surface area (Å²) in [5.41, 5.74) is 1.35. The number of amides is 1. The van der Waals surface area contributed by atoms with Gasteiger partial charge in [0.1, 0.15) is 6.04 Å². The van der Waals surface area contributed by atoms with Gasteiger partial charge in [0.05, 0.1) is 12.7 Å². The smallest absolute Gasteiger partial charge is 0.337 e. The molecule has 0 aliphatic heterocycles. The van der Waals surface area contributed by atoms with Crippen LogP contribution in [-0.2, 0) is 20.7 Å². The first-order valence-electron chi connectivity index (χ1n) is 7.67. The number of carbonyl (C=O) groups excluding carboxylic acids is 2. The van der Waals surface area contributed by atoms with E-state index in [-0.39, 0.29) is 12.3 Å². The van der Waals surface area contributed by atoms with E-state index in [4.69, 9.17) is 5.11 Å². The molecule has 0 fully saturated rings. The summed E-state index contributed by atoms with van der Waals surface area (Å²) >= 11 is 0. The van der Waals surface area contributed by atoms with E-state index in [1.54, 1.807) is 24.3 Å². The number of aryl methyl sites for hydroxylation is 1. The lowest BCUT2D eigenvalue weighted by molar-refractivity contribution is -0.142. The molecule has 0 heterocycles. The van der Waals surface area contributed by atoms with Crippen molar-refractivity contribution in [3.63, 3.8) is 0 Å². The monoisotopic (exact) mass is 321 g/mol. The molecule has 23 heavy (non-hydrogen) atoms. The molecule has 0 aromatic heterocycles. The quantitative estimate of drug-likeness (QED) is 0.680. The maximum absolute atomic E-state index is 11.9. The number of aliphatic carboxylic acids is 1. The number of rotatable bonds is 9. The standard InChI is InChI=1S/C17H23NO5/c1-3-4-5-14(16(20)21)18-15(19)11-8-12-6-9-13(10-7-12)17(22)23-2/h6-7,9-10,14H,3-5,8,11H2,1-2H3,(H,18,19)(H,20,21)/t14-/m0/s1. The largest absolute Gasteiger partial charge is 0.480 e. The minimum Gasteiger partial charge on any atom is -0.480 e. The topological polar surface area (TPSA) is 92.7 Å². The van der Waals surface area contributed by atoms with Crippen LogP contribution in [-0.4, -0.2) is 36.1 Å². The molecule has 0 aliphatic rings. The molecule has 1 aromatic carbocycles. The molecule has 1 atom stereocenters. The lowest BCUT2D eigenvalue weighted by Gasteiger charge is -2.14. The molecule has 0 spiro atoms. The first kappa shape index (κ1) is 18.7. The van der Waals surface area contributed by atoms with E-state index in [1.807, 2.05) is 6.92 Å². The van der Waals surface area contributed by atoms with Crippen LogP contribution in [0.1, 0.15) is 48.5 Å². The summed E-state index contributed by atoms with van der Waals surface area (Å²) in [7, 11) is 1.32. The van der Waals surface area contributed by atoms with E-state index in [0.29, 0.717) is 18.4 Å². The van der Waals surface area contributed by atoms with Gasteiger partial charge in [0.25, 0.3) is 0 Å². The Kier molecular flexibility index (Phi) is 7.80. The van der Waals surface area contributed by atoms with Gasteiger partial charge in [0.2, 0.25) is 5.91 Å². The molecule has 0 radical (unpaired) electrons. The summed E-state index contributed by atoms with van der Waals surface area (Å²) in [6.07, 6.45) is 2.75. The minimum absolute atomic E-state index is 0.202. The zero-order valence-corrected chi connectivity index (χ0v) is 13.5. The fourth-order valence-corrected chi connectivity index (χ4v) is 2.12. The number of nitrogens with one attached hydrogen (secondary N) is 1. The maximum Gasteiger partial charge on any atom is 0.337 e. The molecule has 1 rings (SSSR count). The Balaban J connectivity index is 2.48. The molecule has 0 bridgehead atoms. The van der Waals surface area contributed by atoms with Gasteiger partial charge in [-0.1, -0.05) is 31.9 Å². The van der Waals surface area contributed by atoms with Gasteiger partial charge in [-0.2, -0.15) is 0 Å². The van der Waals surface area contributed by atoms with Crippen LogP contribution in [0.5, 0.6) is 0 Å². The fourth-order valence-electron chi connectivity index (χ4n) is 2.12. The van der Waals surface area contributed by atoms with E-state index in [0.717, 1.165) is 18.4 Å². The van der Waals surface area contributed by atoms with Gasteiger partial charge in [-0.05, 0) is 30.5 Å². The molecule has 0 saturated carbocycles. The van der Waals surface area contributed by atoms with Gasteiger partial charge in [0.15, 0.2) is 0 Å². The van der Waals surface area contributed by atoms with Gasteiger partial charge >= 0.3 is 11.9 Å². The Hall–Kier alpha value is -2.37. The number of unbranched alkanes of at least 4 members (excludes halogenated alkanes) is 1. The number of carbonyl (C=O) groups is 3. The van der Waals surface area contributed by atoms with Gasteiger partial charge in [-0.15, -0.1) is 0 Å². The van der Waals surface area contributed by atoms with Crippen LogP contribution >= 0.6 is 0 Å². The summed E-state index contributed by atoms with van der Waals surface area (Å²) < 4.78 is 4.61. The second kappa shape index (κ2) is 9.61. The molecule has 0 aliphatic carbocycles. The Morgan fingerprint density at radius 3 is 2.39 bits per heavy atom. The number of benzene rings is 1. The highest BCUT2D eigenvalue weighted by Gasteiger charge is 2.18. The second-order valence-corrected chi connectivity index (χ2v) is 5.29. The number of ether oxygens (including phenoxy) is 1. The Labute approximate surface area is 135 Å². The number of hydrogen-bond acceptors (Lipinski definition) is 4. The van der Waals surface area contributed by atoms with Crippen molar-refractivity contribution in [3.05, 3.63) is 35.4 Å². The van der Waals surface area contributed by atoms with Crippen LogP contribution in [0.4, 0.5) is 0 Å². The highest BCUT2D eigenvalue weighted by molar-refractivity contribution is 5.89. The van der Waals surface area contributed by atoms with E-state index in [9.17, 15) is 14.4 Å². The van der Waals surface area contributed by atoms with Crippen molar-refractivity contribution in [1.29, 1.82) is 0 Å². The fraction of sp³-hybridized carbons (Fsp3) is 0.471. The summed E-state index contributed by atoms with van der Waals surface area (Å²) in [6.45, 7) is 1.97. The summed E-state index contributed by atoms with van der Waals surface area (Å²) in [4.78, 5) is 34.3. The van der Waals surface area contributed by atoms with Crippen LogP contribution in [0.15, 0.2) is 24.3 Å². The third-order valence-corrected chi connectivity index (χ3v) is 3.50. The second-order valence-electron chi connectivity index (χ2n) is 5.29. The number of esters is 1. The predicted octanol–water partition coefficient (Wildman–Crippen LogP) is 2.17. The van der Waals surface area contributed by atoms with Crippen LogP contribution in [0.25, 0.3) is 0 Å². The van der Waals surface area contributed by atoms with Crippen molar-refractivity contribution < 1.29 is 24.2 Å². The molecule has 6 heteroatoms. The first-order valence-corrected chi connectivity index (χ1v) is 7.67. The lowest BCUT2D eigenvalue weighted by Crippen LogP contribution is -2.40. The third-order valence-electron chi connectivity index (χ3n) is 3.50. The van der Waals surface area contributed by atoms with Crippen molar-refractivity contribution in [2.45, 2.75) is 45.1 Å². The van der Waals surface area contributed by atoms with Crippen molar-refractivity contribution >= 4 is 17.8 Å². The Bertz CT molecular complexity index is 538. The van der Waals surface area contributed by atoms with Crippen LogP contribution in [0.3, 0.4) is 0 Å². The van der Waals surface area contributed by atoms with E-state index >= 15 is 0 Å². The molecule has 0 unspecified atom stereocenters. The van der Waals surface area contributed by atoms with Crippen LogP contribution in [0, 0.1) is 0 Å². The lowest BCUT2D eigenvalue weighted by atomic mass is 10.1. The van der Waals surface area contributed by atoms with Crippen molar-refractivity contribution in [3.8, 4) is 0 Å². The predicted molar refractivity (Wildman–Crippen MR) is 85.2 cm³/mol.